The van der Waals surface area contributed by atoms with E-state index in [4.69, 9.17) is 9.47 Å². The third-order valence-electron chi connectivity index (χ3n) is 22.6. The average molecular weight is 1560 g/mol. The number of benzene rings is 2. The molecule has 6 aliphatic rings. The number of hydrogen-bond donors (Lipinski definition) is 3. The summed E-state index contributed by atoms with van der Waals surface area (Å²) in [6, 6.07) is -7.33. The van der Waals surface area contributed by atoms with Gasteiger partial charge in [0.15, 0.2) is 0 Å². The van der Waals surface area contributed by atoms with Gasteiger partial charge < -0.3 is 69.5 Å². The molecular formula is C76H104F8N12O14. The predicted octanol–water partition coefficient (Wildman–Crippen LogP) is 5.26. The summed E-state index contributed by atoms with van der Waals surface area (Å²) in [6.45, 7) is 6.57. The van der Waals surface area contributed by atoms with Gasteiger partial charge in [0.1, 0.15) is 71.1 Å². The fourth-order valence-corrected chi connectivity index (χ4v) is 15.7. The molecule has 608 valence electrons. The van der Waals surface area contributed by atoms with Gasteiger partial charge in [-0.05, 0) is 125 Å². The molecule has 0 aromatic heterocycles. The number of nitrogens with zero attached hydrogens (tertiary/aromatic N) is 9. The van der Waals surface area contributed by atoms with Crippen molar-refractivity contribution in [3.8, 4) is 0 Å². The van der Waals surface area contributed by atoms with Crippen molar-refractivity contribution in [1.29, 1.82) is 0 Å². The number of aryl methyl sites for hydroxylation is 1. The molecule has 2 saturated carbocycles. The van der Waals surface area contributed by atoms with Gasteiger partial charge in [-0.1, -0.05) is 63.8 Å². The van der Waals surface area contributed by atoms with Crippen molar-refractivity contribution in [2.24, 2.45) is 11.8 Å². The number of ether oxygens (including phenoxy) is 2. The molecule has 26 nitrogen and oxygen atoms in total. The quantitative estimate of drug-likeness (QED) is 0.181. The first-order valence-electron chi connectivity index (χ1n) is 37.7. The molecule has 12 amide bonds. The highest BCUT2D eigenvalue weighted by atomic mass is 19.4. The molecular weight excluding hydrogens is 1460 g/mol. The van der Waals surface area contributed by atoms with E-state index in [1.807, 2.05) is 0 Å². The molecule has 3 N–H and O–H groups in total. The standard InChI is InChI=1S/C76H104F8N12O14/c1-12-45(5)63-71(106)89(7)43-61(99)91(9)55-22-17-19-44(4)40-95(70(55)105)58(37-46-23-26-49(27-24-46)75(79,80)81)68(103)88(6)42-59(97)85-53(28-25-47-35-51(77)62(52(78)36-47)76(82,83)84)67(102)96-41-50(110-14-3)38-56(96)66(101)87-74(29-18-30-74)73(108)93(11)64(48-20-15-16-21-48)72(107)92(10)57(69(104)94-31-33-109-34-32-94)39-60(98)90(8)54(13-2)65(100)86-63/h19,23-24,26-27,35-36,45,48,50,53-58,63-64H,12-18,20-22,25,28-34,37-43H2,1-11H3,(H,85,97)(H,86,100)(H,87,101)/b44-19-/t45-,50+,53-,54-,55-,56-,57-,58-,63-,64+/m0/s1. The van der Waals surface area contributed by atoms with Gasteiger partial charge in [-0.15, -0.1) is 0 Å². The van der Waals surface area contributed by atoms with E-state index in [-0.39, 0.29) is 90.1 Å². The van der Waals surface area contributed by atoms with Gasteiger partial charge >= 0.3 is 12.4 Å². The average Bonchev–Trinajstić information content (AvgIpc) is 1.13. The van der Waals surface area contributed by atoms with Crippen LogP contribution in [0.4, 0.5) is 35.1 Å². The number of carbonyl (C=O) groups excluding carboxylic acids is 12. The third kappa shape index (κ3) is 20.3. The second-order valence-electron chi connectivity index (χ2n) is 30.1. The Morgan fingerprint density at radius 2 is 1.29 bits per heavy atom. The summed E-state index contributed by atoms with van der Waals surface area (Å²) in [4.78, 5) is 192. The SMILES string of the molecule is CCO[C@@H]1C[C@H]2C(=O)NC3(CCC3)C(=O)N(C)[C@H](C3CCCC3)C(=O)N(C)[C@H](C(=O)N3CCOCC3)CC(=O)N(C)[C@@H](CC)C(=O)N[C@@H]([C@@H](C)CC)C(=O)N(C)CC(=O)N(C)[C@H]3CC/C=C(/C)CN(C3=O)[C@@H](Cc3ccc(C(F)(F)F)cc3)C(=O)N(C)CC(=O)N[C@@H](CCc3cc(F)c(C(F)(F)F)c(F)c3)C(=O)N2C1. The highest BCUT2D eigenvalue weighted by Crippen LogP contribution is 2.40. The minimum atomic E-state index is -5.46. The van der Waals surface area contributed by atoms with Crippen LogP contribution in [0, 0.1) is 23.5 Å². The number of likely N-dealkylation sites (N-methyl/N-ethyl adjacent to an activating group) is 6. The lowest BCUT2D eigenvalue weighted by atomic mass is 9.74. The summed E-state index contributed by atoms with van der Waals surface area (Å²) in [5, 5.41) is 8.26. The van der Waals surface area contributed by atoms with Crippen molar-refractivity contribution in [1.82, 2.24) is 60.0 Å². The van der Waals surface area contributed by atoms with Crippen LogP contribution in [0.1, 0.15) is 147 Å². The zero-order valence-electron chi connectivity index (χ0n) is 64.3. The third-order valence-corrected chi connectivity index (χ3v) is 22.6. The number of fused-ring (bicyclic) bond motifs is 3. The van der Waals surface area contributed by atoms with E-state index in [2.05, 4.69) is 16.0 Å². The minimum absolute atomic E-state index is 0.0200. The molecule has 2 bridgehead atoms. The van der Waals surface area contributed by atoms with Crippen LogP contribution < -0.4 is 16.0 Å². The Balaban J connectivity index is 1.23. The highest BCUT2D eigenvalue weighted by molar-refractivity contribution is 6.01. The molecule has 5 fully saturated rings. The van der Waals surface area contributed by atoms with E-state index in [0.29, 0.717) is 56.2 Å². The second kappa shape index (κ2) is 37.0. The first-order chi connectivity index (χ1) is 51.8. The number of carbonyl (C=O) groups is 12. The fourth-order valence-electron chi connectivity index (χ4n) is 15.7. The van der Waals surface area contributed by atoms with Crippen molar-refractivity contribution in [2.45, 2.75) is 210 Å². The number of rotatable bonds is 12. The van der Waals surface area contributed by atoms with Crippen LogP contribution in [0.5, 0.6) is 0 Å². The molecule has 4 heterocycles. The highest BCUT2D eigenvalue weighted by Gasteiger charge is 2.54. The number of morpholine rings is 1. The van der Waals surface area contributed by atoms with Crippen molar-refractivity contribution in [3.63, 3.8) is 0 Å². The van der Waals surface area contributed by atoms with E-state index >= 15 is 37.5 Å². The van der Waals surface area contributed by atoms with Crippen molar-refractivity contribution < 1.29 is 102 Å². The summed E-state index contributed by atoms with van der Waals surface area (Å²) >= 11 is 0. The van der Waals surface area contributed by atoms with Gasteiger partial charge in [0.2, 0.25) is 70.9 Å². The smallest absolute Gasteiger partial charge is 0.378 e. The zero-order chi connectivity index (χ0) is 81.2. The Hall–Kier alpha value is -8.82. The fraction of sp³-hybridized carbons (Fsp3) is 0.658. The Labute approximate surface area is 635 Å². The topological polar surface area (TPSA) is 289 Å². The number of halogens is 8. The molecule has 0 radical (unpaired) electrons. The van der Waals surface area contributed by atoms with Gasteiger partial charge in [0, 0.05) is 87.9 Å². The Morgan fingerprint density at radius 3 is 1.86 bits per heavy atom. The number of alkyl halides is 6. The van der Waals surface area contributed by atoms with Crippen LogP contribution in [-0.2, 0) is 92.2 Å². The van der Waals surface area contributed by atoms with E-state index in [0.717, 1.165) is 65.6 Å². The minimum Gasteiger partial charge on any atom is -0.378 e. The summed E-state index contributed by atoms with van der Waals surface area (Å²) in [5.41, 5.74) is -4.73. The summed E-state index contributed by atoms with van der Waals surface area (Å²) < 4.78 is 126. The van der Waals surface area contributed by atoms with E-state index < -0.39 is 222 Å². The largest absolute Gasteiger partial charge is 0.422 e. The van der Waals surface area contributed by atoms with Crippen LogP contribution in [0.3, 0.4) is 0 Å². The molecule has 3 saturated heterocycles. The van der Waals surface area contributed by atoms with Crippen molar-refractivity contribution in [2.75, 3.05) is 101 Å². The van der Waals surface area contributed by atoms with Gasteiger partial charge in [0.05, 0.1) is 44.4 Å². The second-order valence-corrected chi connectivity index (χ2v) is 30.1. The lowest BCUT2D eigenvalue weighted by molar-refractivity contribution is -0.159. The molecule has 4 aliphatic heterocycles. The molecule has 34 heteroatoms. The van der Waals surface area contributed by atoms with E-state index in [1.165, 1.54) is 45.0 Å². The van der Waals surface area contributed by atoms with Crippen LogP contribution in [0.25, 0.3) is 0 Å². The molecule has 2 aromatic carbocycles. The van der Waals surface area contributed by atoms with Gasteiger partial charge in [-0.25, -0.2) is 8.78 Å². The normalized spacial score (nSPS) is 26.9. The maximum Gasteiger partial charge on any atom is 0.422 e. The van der Waals surface area contributed by atoms with Crippen LogP contribution in [0.2, 0.25) is 0 Å². The Morgan fingerprint density at radius 1 is 0.664 bits per heavy atom. The summed E-state index contributed by atoms with van der Waals surface area (Å²) in [6.07, 6.45) is -8.90. The van der Waals surface area contributed by atoms with Crippen LogP contribution in [-0.4, -0.2) is 276 Å². The maximum absolute atomic E-state index is 15.6. The van der Waals surface area contributed by atoms with Crippen LogP contribution in [0.15, 0.2) is 48.0 Å². The monoisotopic (exact) mass is 1560 g/mol. The molecule has 0 unspecified atom stereocenters. The van der Waals surface area contributed by atoms with Gasteiger partial charge in [-0.3, -0.25) is 57.5 Å². The first-order valence-corrected chi connectivity index (χ1v) is 37.7. The molecule has 2 aromatic rings. The Kier molecular flexibility index (Phi) is 29.2. The number of nitrogens with one attached hydrogen (secondary N) is 3. The number of allylic oxidation sites excluding steroid dienone is 1. The van der Waals surface area contributed by atoms with E-state index in [1.54, 1.807) is 40.7 Å². The zero-order valence-corrected chi connectivity index (χ0v) is 64.3. The maximum atomic E-state index is 15.6. The summed E-state index contributed by atoms with van der Waals surface area (Å²) in [5.74, 6) is -15.1. The molecule has 2 aliphatic carbocycles. The van der Waals surface area contributed by atoms with E-state index in [9.17, 15) is 55.1 Å². The molecule has 10 atom stereocenters. The van der Waals surface area contributed by atoms with Crippen LogP contribution >= 0.6 is 0 Å². The molecule has 8 rings (SSSR count). The lowest BCUT2D eigenvalue weighted by Crippen LogP contribution is -2.68. The summed E-state index contributed by atoms with van der Waals surface area (Å²) in [7, 11) is 7.84. The Bertz CT molecular complexity index is 3730. The molecule has 1 spiro atoms. The van der Waals surface area contributed by atoms with Gasteiger partial charge in [-0.2, -0.15) is 26.3 Å². The molecule has 110 heavy (non-hydrogen) atoms. The predicted molar refractivity (Wildman–Crippen MR) is 383 cm³/mol. The van der Waals surface area contributed by atoms with Crippen molar-refractivity contribution in [3.05, 3.63) is 81.9 Å². The van der Waals surface area contributed by atoms with Crippen molar-refractivity contribution >= 4 is 70.9 Å². The van der Waals surface area contributed by atoms with Gasteiger partial charge in [0.25, 0.3) is 0 Å². The lowest BCUT2D eigenvalue weighted by Gasteiger charge is -2.47. The first kappa shape index (κ1) is 86.8. The number of amides is 12. The number of hydrogen-bond acceptors (Lipinski definition) is 14.